The molecule has 0 saturated heterocycles. The number of nitrogens with zero attached hydrogens (tertiary/aromatic N) is 1. The van der Waals surface area contributed by atoms with Gasteiger partial charge in [0.15, 0.2) is 0 Å². The summed E-state index contributed by atoms with van der Waals surface area (Å²) in [7, 11) is -2.24. The van der Waals surface area contributed by atoms with E-state index < -0.39 is 16.0 Å². The van der Waals surface area contributed by atoms with Crippen LogP contribution in [0.4, 0.5) is 0 Å². The maximum absolute atomic E-state index is 12.2. The first-order valence-corrected chi connectivity index (χ1v) is 7.88. The highest BCUT2D eigenvalue weighted by Gasteiger charge is 2.26. The average Bonchev–Trinajstić information content (AvgIpc) is 2.75. The van der Waals surface area contributed by atoms with Crippen molar-refractivity contribution >= 4 is 16.0 Å². The number of rotatable bonds is 4. The summed E-state index contributed by atoms with van der Waals surface area (Å²) in [5.41, 5.74) is -0.0792. The lowest BCUT2D eigenvalue weighted by atomic mass is 9.94. The molecule has 1 saturated carbocycles. The molecule has 1 aliphatic carbocycles. The number of aromatic carboxylic acids is 1. The molecule has 7 nitrogen and oxygen atoms in total. The topological polar surface area (TPSA) is 109 Å². The van der Waals surface area contributed by atoms with Gasteiger partial charge >= 0.3 is 5.97 Å². The van der Waals surface area contributed by atoms with E-state index in [0.717, 1.165) is 6.07 Å². The summed E-state index contributed by atoms with van der Waals surface area (Å²) in [5, 5.41) is 18.3. The lowest BCUT2D eigenvalue weighted by molar-refractivity contribution is 0.0686. The van der Waals surface area contributed by atoms with Gasteiger partial charge in [-0.2, -0.15) is 0 Å². The molecule has 0 radical (unpaired) electrons. The first kappa shape index (κ1) is 15.0. The average molecular weight is 302 g/mol. The number of carboxylic acid groups (broad SMARTS) is 1. The number of hydrogen-bond donors (Lipinski definition) is 3. The number of carbonyl (C=O) groups is 1. The summed E-state index contributed by atoms with van der Waals surface area (Å²) in [6.07, 6.45) is 3.23. The molecular formula is C12H18N2O5S. The van der Waals surface area contributed by atoms with Crippen molar-refractivity contribution in [3.05, 3.63) is 18.0 Å². The molecule has 112 valence electrons. The SMILES string of the molecule is Cn1cc(S(=O)(=O)NC2CCC(O)CC2)cc1C(=O)O. The van der Waals surface area contributed by atoms with Crippen LogP contribution in [0.3, 0.4) is 0 Å². The molecule has 20 heavy (non-hydrogen) atoms. The normalized spacial score (nSPS) is 23.7. The number of aliphatic hydroxyl groups is 1. The van der Waals surface area contributed by atoms with Gasteiger partial charge in [-0.05, 0) is 31.7 Å². The molecule has 0 aliphatic heterocycles. The Morgan fingerprint density at radius 3 is 2.45 bits per heavy atom. The Labute approximate surface area is 117 Å². The van der Waals surface area contributed by atoms with Gasteiger partial charge in [0.2, 0.25) is 10.0 Å². The molecule has 0 unspecified atom stereocenters. The Hall–Kier alpha value is -1.38. The number of hydrogen-bond acceptors (Lipinski definition) is 4. The molecule has 0 aromatic carbocycles. The first-order valence-electron chi connectivity index (χ1n) is 6.39. The molecule has 2 rings (SSSR count). The van der Waals surface area contributed by atoms with Crippen LogP contribution in [0.15, 0.2) is 17.2 Å². The Bertz CT molecular complexity index is 599. The fraction of sp³-hybridized carbons (Fsp3) is 0.583. The van der Waals surface area contributed by atoms with Gasteiger partial charge in [0, 0.05) is 19.3 Å². The van der Waals surface area contributed by atoms with Gasteiger partial charge in [0.05, 0.1) is 6.10 Å². The van der Waals surface area contributed by atoms with Crippen LogP contribution in [0.2, 0.25) is 0 Å². The van der Waals surface area contributed by atoms with Crippen LogP contribution in [0.1, 0.15) is 36.2 Å². The first-order chi connectivity index (χ1) is 9.29. The molecule has 0 amide bonds. The lowest BCUT2D eigenvalue weighted by Gasteiger charge is -2.25. The van der Waals surface area contributed by atoms with Crippen LogP contribution in [-0.2, 0) is 17.1 Å². The van der Waals surface area contributed by atoms with Crippen LogP contribution >= 0.6 is 0 Å². The predicted molar refractivity (Wildman–Crippen MR) is 71.0 cm³/mol. The molecule has 8 heteroatoms. The van der Waals surface area contributed by atoms with E-state index in [9.17, 15) is 18.3 Å². The van der Waals surface area contributed by atoms with E-state index in [0.29, 0.717) is 25.7 Å². The van der Waals surface area contributed by atoms with Crippen LogP contribution in [0, 0.1) is 0 Å². The molecule has 3 N–H and O–H groups in total. The van der Waals surface area contributed by atoms with Crippen molar-refractivity contribution in [2.24, 2.45) is 7.05 Å². The van der Waals surface area contributed by atoms with E-state index in [1.807, 2.05) is 0 Å². The molecular weight excluding hydrogens is 284 g/mol. The minimum absolute atomic E-state index is 0.0523. The standard InChI is InChI=1S/C12H18N2O5S/c1-14-7-10(6-11(14)12(16)17)20(18,19)13-8-2-4-9(15)5-3-8/h6-9,13,15H,2-5H2,1H3,(H,16,17). The number of nitrogens with one attached hydrogen (secondary N) is 1. The van der Waals surface area contributed by atoms with Gasteiger partial charge in [-0.15, -0.1) is 0 Å². The lowest BCUT2D eigenvalue weighted by Crippen LogP contribution is -2.38. The minimum atomic E-state index is -3.73. The molecule has 1 aromatic rings. The summed E-state index contributed by atoms with van der Waals surface area (Å²) < 4.78 is 28.2. The van der Waals surface area contributed by atoms with E-state index in [-0.39, 0.29) is 22.7 Å². The van der Waals surface area contributed by atoms with E-state index >= 15 is 0 Å². The van der Waals surface area contributed by atoms with E-state index in [2.05, 4.69) is 4.72 Å². The second-order valence-electron chi connectivity index (χ2n) is 5.10. The van der Waals surface area contributed by atoms with Gasteiger partial charge in [-0.1, -0.05) is 0 Å². The molecule has 1 aromatic heterocycles. The number of sulfonamides is 1. The summed E-state index contributed by atoms with van der Waals surface area (Å²) in [6.45, 7) is 0. The molecule has 1 heterocycles. The number of aromatic nitrogens is 1. The van der Waals surface area contributed by atoms with Crippen molar-refractivity contribution in [3.8, 4) is 0 Å². The molecule has 0 bridgehead atoms. The Kier molecular flexibility index (Phi) is 4.17. The Morgan fingerprint density at radius 2 is 1.95 bits per heavy atom. The smallest absolute Gasteiger partial charge is 0.352 e. The third-order valence-corrected chi connectivity index (χ3v) is 5.02. The van der Waals surface area contributed by atoms with Crippen molar-refractivity contribution in [2.75, 3.05) is 0 Å². The van der Waals surface area contributed by atoms with E-state index in [1.54, 1.807) is 0 Å². The van der Waals surface area contributed by atoms with Crippen LogP contribution in [0.5, 0.6) is 0 Å². The van der Waals surface area contributed by atoms with Crippen molar-refractivity contribution in [2.45, 2.75) is 42.7 Å². The van der Waals surface area contributed by atoms with Crippen molar-refractivity contribution in [1.29, 1.82) is 0 Å². The third kappa shape index (κ3) is 3.20. The zero-order valence-electron chi connectivity index (χ0n) is 11.1. The number of aliphatic hydroxyl groups excluding tert-OH is 1. The molecule has 1 fully saturated rings. The maximum Gasteiger partial charge on any atom is 0.352 e. The zero-order chi connectivity index (χ0) is 14.9. The summed E-state index contributed by atoms with van der Waals surface area (Å²) in [5.74, 6) is -1.17. The van der Waals surface area contributed by atoms with Gasteiger partial charge in [0.1, 0.15) is 10.6 Å². The molecule has 0 spiro atoms. The highest BCUT2D eigenvalue weighted by Crippen LogP contribution is 2.21. The third-order valence-electron chi connectivity index (χ3n) is 3.53. The van der Waals surface area contributed by atoms with Crippen LogP contribution < -0.4 is 4.72 Å². The van der Waals surface area contributed by atoms with Crippen molar-refractivity contribution in [1.82, 2.24) is 9.29 Å². The highest BCUT2D eigenvalue weighted by atomic mass is 32.2. The van der Waals surface area contributed by atoms with Crippen molar-refractivity contribution in [3.63, 3.8) is 0 Å². The van der Waals surface area contributed by atoms with Gasteiger partial charge in [0.25, 0.3) is 0 Å². The summed E-state index contributed by atoms with van der Waals surface area (Å²) in [4.78, 5) is 10.9. The van der Waals surface area contributed by atoms with Gasteiger partial charge in [-0.25, -0.2) is 17.9 Å². The number of aryl methyl sites for hydroxylation is 1. The van der Waals surface area contributed by atoms with E-state index in [1.165, 1.54) is 17.8 Å². The predicted octanol–water partition coefficient (Wildman–Crippen LogP) is 0.305. The summed E-state index contributed by atoms with van der Waals surface area (Å²) in [6, 6.07) is 0.930. The quantitative estimate of drug-likeness (QED) is 0.741. The van der Waals surface area contributed by atoms with Crippen molar-refractivity contribution < 1.29 is 23.4 Å². The Balaban J connectivity index is 2.14. The second kappa shape index (κ2) is 5.55. The largest absolute Gasteiger partial charge is 0.477 e. The van der Waals surface area contributed by atoms with Crippen LogP contribution in [0.25, 0.3) is 0 Å². The minimum Gasteiger partial charge on any atom is -0.477 e. The Morgan fingerprint density at radius 1 is 1.35 bits per heavy atom. The second-order valence-corrected chi connectivity index (χ2v) is 6.82. The van der Waals surface area contributed by atoms with Crippen LogP contribution in [-0.4, -0.2) is 41.3 Å². The molecule has 1 aliphatic rings. The summed E-state index contributed by atoms with van der Waals surface area (Å²) >= 11 is 0. The van der Waals surface area contributed by atoms with Gasteiger partial charge in [-0.3, -0.25) is 0 Å². The monoisotopic (exact) mass is 302 g/mol. The van der Waals surface area contributed by atoms with E-state index in [4.69, 9.17) is 5.11 Å². The fourth-order valence-corrected chi connectivity index (χ4v) is 3.75. The zero-order valence-corrected chi connectivity index (χ0v) is 11.9. The van der Waals surface area contributed by atoms with Gasteiger partial charge < -0.3 is 14.8 Å². The maximum atomic E-state index is 12.2. The highest BCUT2D eigenvalue weighted by molar-refractivity contribution is 7.89. The number of carboxylic acids is 1. The fourth-order valence-electron chi connectivity index (χ4n) is 2.37. The molecule has 0 atom stereocenters.